The van der Waals surface area contributed by atoms with Crippen molar-refractivity contribution >= 4 is 11.6 Å². The second kappa shape index (κ2) is 7.49. The largest absolute Gasteiger partial charge is 0.433 e. The molecule has 1 aliphatic heterocycles. The van der Waals surface area contributed by atoms with E-state index in [1.165, 1.54) is 0 Å². The Hall–Kier alpha value is -2.91. The number of fused-ring (bicyclic) bond motifs is 1. The van der Waals surface area contributed by atoms with Crippen LogP contribution < -0.4 is 0 Å². The topological polar surface area (TPSA) is 68.3 Å². The highest BCUT2D eigenvalue weighted by Gasteiger charge is 2.36. The Balaban J connectivity index is 1.51. The van der Waals surface area contributed by atoms with Crippen molar-refractivity contribution in [2.45, 2.75) is 44.8 Å². The Labute approximate surface area is 165 Å². The maximum Gasteiger partial charge on any atom is 0.433 e. The number of carbonyl (C=O) groups is 1. The van der Waals surface area contributed by atoms with Crippen LogP contribution in [0.25, 0.3) is 5.65 Å². The number of rotatable bonds is 5. The number of hydrogen-bond donors (Lipinski definition) is 0. The zero-order valence-electron chi connectivity index (χ0n) is 15.9. The number of likely N-dealkylation sites (tertiary alicyclic amines) is 1. The van der Waals surface area contributed by atoms with Crippen molar-refractivity contribution in [1.29, 1.82) is 0 Å². The van der Waals surface area contributed by atoms with Crippen LogP contribution >= 0.6 is 0 Å². The summed E-state index contributed by atoms with van der Waals surface area (Å²) in [6.45, 7) is 3.28. The third-order valence-corrected chi connectivity index (χ3v) is 5.23. The number of carbonyl (C=O) groups excluding carboxylic acids is 1. The summed E-state index contributed by atoms with van der Waals surface area (Å²) in [7, 11) is 0. The second-order valence-electron chi connectivity index (χ2n) is 7.17. The lowest BCUT2D eigenvalue weighted by Gasteiger charge is -2.16. The predicted molar refractivity (Wildman–Crippen MR) is 98.1 cm³/mol. The van der Waals surface area contributed by atoms with Crippen LogP contribution in [-0.4, -0.2) is 48.3 Å². The summed E-state index contributed by atoms with van der Waals surface area (Å²) >= 11 is 0. The number of aromatic nitrogens is 5. The molecule has 3 aromatic rings. The van der Waals surface area contributed by atoms with E-state index in [9.17, 15) is 18.0 Å². The zero-order valence-corrected chi connectivity index (χ0v) is 15.9. The molecule has 0 unspecified atom stereocenters. The van der Waals surface area contributed by atoms with Gasteiger partial charge in [-0.1, -0.05) is 6.92 Å². The minimum atomic E-state index is -4.52. The molecule has 0 aromatic carbocycles. The van der Waals surface area contributed by atoms with E-state index in [0.29, 0.717) is 50.3 Å². The molecule has 1 aliphatic rings. The van der Waals surface area contributed by atoms with Crippen molar-refractivity contribution in [2.75, 3.05) is 13.1 Å². The summed E-state index contributed by atoms with van der Waals surface area (Å²) in [4.78, 5) is 18.5. The average Bonchev–Trinajstić information content (AvgIpc) is 3.44. The lowest BCUT2D eigenvalue weighted by molar-refractivity contribution is -0.142. The van der Waals surface area contributed by atoms with E-state index in [4.69, 9.17) is 0 Å². The van der Waals surface area contributed by atoms with Gasteiger partial charge in [-0.2, -0.15) is 23.4 Å². The molecule has 0 spiro atoms. The van der Waals surface area contributed by atoms with Crippen LogP contribution in [0.2, 0.25) is 0 Å². The molecule has 3 aromatic heterocycles. The Bertz CT molecular complexity index is 1010. The van der Waals surface area contributed by atoms with Gasteiger partial charge in [-0.25, -0.2) is 9.50 Å². The highest BCUT2D eigenvalue weighted by atomic mass is 19.4. The molecule has 1 atom stereocenters. The van der Waals surface area contributed by atoms with Gasteiger partial charge in [0, 0.05) is 56.1 Å². The number of nitrogens with zero attached hydrogens (tertiary/aromatic N) is 6. The highest BCUT2D eigenvalue weighted by molar-refractivity contribution is 5.76. The Morgan fingerprint density at radius 3 is 2.83 bits per heavy atom. The van der Waals surface area contributed by atoms with Gasteiger partial charge < -0.3 is 4.90 Å². The molecule has 154 valence electrons. The van der Waals surface area contributed by atoms with Crippen molar-refractivity contribution in [2.24, 2.45) is 0 Å². The summed E-state index contributed by atoms with van der Waals surface area (Å²) in [5, 5.41) is 8.28. The van der Waals surface area contributed by atoms with Gasteiger partial charge in [-0.05, 0) is 25.0 Å². The van der Waals surface area contributed by atoms with Gasteiger partial charge in [0.25, 0.3) is 0 Å². The number of alkyl halides is 3. The number of amides is 1. The minimum absolute atomic E-state index is 0.00846. The Kier molecular flexibility index (Phi) is 5.01. The quantitative estimate of drug-likeness (QED) is 0.654. The van der Waals surface area contributed by atoms with E-state index in [2.05, 4.69) is 15.2 Å². The molecular formula is C19H21F3N6O. The predicted octanol–water partition coefficient (Wildman–Crippen LogP) is 2.91. The molecule has 0 bridgehead atoms. The molecule has 10 heteroatoms. The number of hydrogen-bond acceptors (Lipinski definition) is 4. The number of halogens is 3. The molecule has 0 saturated carbocycles. The van der Waals surface area contributed by atoms with Gasteiger partial charge in [0.1, 0.15) is 5.69 Å². The van der Waals surface area contributed by atoms with Crippen LogP contribution in [0.3, 0.4) is 0 Å². The summed E-state index contributed by atoms with van der Waals surface area (Å²) in [5.41, 5.74) is 0.280. The van der Waals surface area contributed by atoms with Crippen LogP contribution in [0.5, 0.6) is 0 Å². The molecule has 0 aliphatic carbocycles. The zero-order chi connectivity index (χ0) is 20.6. The molecular weight excluding hydrogens is 385 g/mol. The van der Waals surface area contributed by atoms with Gasteiger partial charge in [0.15, 0.2) is 5.65 Å². The lowest BCUT2D eigenvalue weighted by atomic mass is 10.1. The lowest BCUT2D eigenvalue weighted by Crippen LogP contribution is -2.29. The molecule has 29 heavy (non-hydrogen) atoms. The van der Waals surface area contributed by atoms with Crippen LogP contribution in [0, 0.1) is 0 Å². The standard InChI is InChI=1S/C19H21F3N6O/c1-2-14-10-16(19(20,21)22)28-17(24-14)11-15(25-28)13-4-8-26(12-13)18(29)5-9-27-7-3-6-23-27/h3,6-7,10-11,13H,2,4-5,8-9,12H2,1H3/t13-/m0/s1. The summed E-state index contributed by atoms with van der Waals surface area (Å²) in [6, 6.07) is 4.45. The normalized spacial score (nSPS) is 17.4. The van der Waals surface area contributed by atoms with Gasteiger partial charge >= 0.3 is 6.18 Å². The molecule has 4 rings (SSSR count). The molecule has 0 radical (unpaired) electrons. The molecule has 7 nitrogen and oxygen atoms in total. The Morgan fingerprint density at radius 1 is 1.31 bits per heavy atom. The first kappa shape index (κ1) is 19.4. The third kappa shape index (κ3) is 3.96. The van der Waals surface area contributed by atoms with Crippen molar-refractivity contribution in [3.05, 3.63) is 47.7 Å². The molecule has 4 heterocycles. The summed E-state index contributed by atoms with van der Waals surface area (Å²) < 4.78 is 42.9. The third-order valence-electron chi connectivity index (χ3n) is 5.23. The Morgan fingerprint density at radius 2 is 2.14 bits per heavy atom. The van der Waals surface area contributed by atoms with Crippen LogP contribution in [0.1, 0.15) is 42.8 Å². The van der Waals surface area contributed by atoms with Gasteiger partial charge in [-0.3, -0.25) is 9.48 Å². The van der Waals surface area contributed by atoms with E-state index >= 15 is 0 Å². The van der Waals surface area contributed by atoms with E-state index < -0.39 is 11.9 Å². The van der Waals surface area contributed by atoms with E-state index in [1.807, 2.05) is 0 Å². The summed E-state index contributed by atoms with van der Waals surface area (Å²) in [6.07, 6.45) is 0.346. The first-order valence-corrected chi connectivity index (χ1v) is 9.57. The molecule has 1 fully saturated rings. The van der Waals surface area contributed by atoms with E-state index in [-0.39, 0.29) is 17.5 Å². The fraction of sp³-hybridized carbons (Fsp3) is 0.474. The van der Waals surface area contributed by atoms with Gasteiger partial charge in [0.05, 0.1) is 5.69 Å². The van der Waals surface area contributed by atoms with Crippen molar-refractivity contribution < 1.29 is 18.0 Å². The highest BCUT2D eigenvalue weighted by Crippen LogP contribution is 2.32. The molecule has 1 saturated heterocycles. The fourth-order valence-electron chi connectivity index (χ4n) is 3.66. The van der Waals surface area contributed by atoms with Gasteiger partial charge in [0.2, 0.25) is 5.91 Å². The number of aryl methyl sites for hydroxylation is 2. The molecule has 1 amide bonds. The first-order chi connectivity index (χ1) is 13.8. The van der Waals surface area contributed by atoms with Gasteiger partial charge in [-0.15, -0.1) is 0 Å². The van der Waals surface area contributed by atoms with Crippen molar-refractivity contribution in [1.82, 2.24) is 29.3 Å². The summed E-state index contributed by atoms with van der Waals surface area (Å²) in [5.74, 6) is -0.0920. The maximum atomic E-state index is 13.4. The maximum absolute atomic E-state index is 13.4. The smallest absolute Gasteiger partial charge is 0.342 e. The first-order valence-electron chi connectivity index (χ1n) is 9.57. The minimum Gasteiger partial charge on any atom is -0.342 e. The van der Waals surface area contributed by atoms with Crippen LogP contribution in [0.15, 0.2) is 30.6 Å². The monoisotopic (exact) mass is 406 g/mol. The SMILES string of the molecule is CCc1cc(C(F)(F)F)n2nc([C@H]3CCN(C(=O)CCn4cccn4)C3)cc2n1. The fourth-order valence-corrected chi connectivity index (χ4v) is 3.66. The van der Waals surface area contributed by atoms with Crippen molar-refractivity contribution in [3.63, 3.8) is 0 Å². The average molecular weight is 406 g/mol. The molecule has 0 N–H and O–H groups in total. The van der Waals surface area contributed by atoms with E-state index in [0.717, 1.165) is 10.6 Å². The second-order valence-corrected chi connectivity index (χ2v) is 7.17. The van der Waals surface area contributed by atoms with Crippen molar-refractivity contribution in [3.8, 4) is 0 Å². The van der Waals surface area contributed by atoms with E-state index in [1.54, 1.807) is 41.0 Å². The van der Waals surface area contributed by atoms with Crippen LogP contribution in [-0.2, 0) is 23.9 Å². The van der Waals surface area contributed by atoms with Crippen LogP contribution in [0.4, 0.5) is 13.2 Å².